The van der Waals surface area contributed by atoms with E-state index >= 15 is 0 Å². The van der Waals surface area contributed by atoms with Crippen molar-refractivity contribution >= 4 is 35.9 Å². The quantitative estimate of drug-likeness (QED) is 0.228. The van der Waals surface area contributed by atoms with Crippen LogP contribution in [0.4, 0.5) is 0 Å². The Morgan fingerprint density at radius 1 is 1.23 bits per heavy atom. The average molecular weight is 532 g/mol. The van der Waals surface area contributed by atoms with Crippen LogP contribution in [-0.2, 0) is 16.1 Å². The van der Waals surface area contributed by atoms with E-state index in [-0.39, 0.29) is 35.9 Å². The van der Waals surface area contributed by atoms with Gasteiger partial charge in [0.2, 0.25) is 0 Å². The number of esters is 1. The fourth-order valence-electron chi connectivity index (χ4n) is 3.29. The van der Waals surface area contributed by atoms with Crippen LogP contribution in [0.3, 0.4) is 0 Å². The number of rotatable bonds is 9. The maximum Gasteiger partial charge on any atom is 0.309 e. The van der Waals surface area contributed by atoms with E-state index < -0.39 is 0 Å². The molecule has 0 unspecified atom stereocenters. The summed E-state index contributed by atoms with van der Waals surface area (Å²) >= 11 is 0. The van der Waals surface area contributed by atoms with Crippen LogP contribution in [0.2, 0.25) is 0 Å². The zero-order valence-corrected chi connectivity index (χ0v) is 21.1. The van der Waals surface area contributed by atoms with Gasteiger partial charge >= 0.3 is 5.97 Å². The normalized spacial score (nSPS) is 15.0. The largest absolute Gasteiger partial charge is 0.492 e. The summed E-state index contributed by atoms with van der Waals surface area (Å²) in [5.41, 5.74) is 1.07. The molecule has 0 saturated carbocycles. The molecule has 2 rings (SSSR count). The number of ether oxygens (including phenoxy) is 2. The maximum absolute atomic E-state index is 12.0. The van der Waals surface area contributed by atoms with Crippen molar-refractivity contribution in [1.29, 1.82) is 0 Å². The van der Waals surface area contributed by atoms with Gasteiger partial charge in [0.15, 0.2) is 5.96 Å². The second-order valence-electron chi connectivity index (χ2n) is 7.44. The molecule has 8 heteroatoms. The van der Waals surface area contributed by atoms with E-state index in [0.717, 1.165) is 56.3 Å². The Labute approximate surface area is 198 Å². The summed E-state index contributed by atoms with van der Waals surface area (Å²) in [5.74, 6) is 1.70. The third-order valence-corrected chi connectivity index (χ3v) is 4.92. The lowest BCUT2D eigenvalue weighted by atomic mass is 9.97. The Hall–Kier alpha value is -1.55. The predicted molar refractivity (Wildman–Crippen MR) is 132 cm³/mol. The molecular formula is C22H37IN4O3. The van der Waals surface area contributed by atoms with Gasteiger partial charge in [0, 0.05) is 31.7 Å². The standard InChI is InChI=1S/C22H36N4O3.HI/c1-5-23-22(26-13-11-18(12-14-26)21(27)28-6-2)24-17-19-9-7-8-10-20(19)29-16-15-25(3)4;/h7-10,18H,5-6,11-17H2,1-4H3,(H,23,24);1H. The van der Waals surface area contributed by atoms with E-state index in [1.165, 1.54) is 0 Å². The Bertz CT molecular complexity index is 662. The zero-order valence-electron chi connectivity index (χ0n) is 18.7. The van der Waals surface area contributed by atoms with Crippen LogP contribution in [0.15, 0.2) is 29.3 Å². The number of aliphatic imine (C=N–C) groups is 1. The molecule has 0 radical (unpaired) electrons. The molecular weight excluding hydrogens is 495 g/mol. The van der Waals surface area contributed by atoms with Crippen LogP contribution in [0.25, 0.3) is 0 Å². The number of carbonyl (C=O) groups excluding carboxylic acids is 1. The molecule has 170 valence electrons. The Kier molecular flexibility index (Phi) is 12.8. The van der Waals surface area contributed by atoms with Crippen molar-refractivity contribution in [2.45, 2.75) is 33.2 Å². The van der Waals surface area contributed by atoms with E-state index in [4.69, 9.17) is 14.5 Å². The second-order valence-corrected chi connectivity index (χ2v) is 7.44. The molecule has 1 aliphatic rings. The number of para-hydroxylation sites is 1. The van der Waals surface area contributed by atoms with Gasteiger partial charge in [-0.15, -0.1) is 24.0 Å². The van der Waals surface area contributed by atoms with Crippen molar-refractivity contribution < 1.29 is 14.3 Å². The Balaban J connectivity index is 0.00000450. The van der Waals surface area contributed by atoms with Crippen molar-refractivity contribution in [3.05, 3.63) is 29.8 Å². The minimum atomic E-state index is -0.0714. The van der Waals surface area contributed by atoms with E-state index in [2.05, 4.69) is 28.1 Å². The lowest BCUT2D eigenvalue weighted by Gasteiger charge is -2.33. The number of hydrogen-bond donors (Lipinski definition) is 1. The molecule has 1 fully saturated rings. The van der Waals surface area contributed by atoms with Crippen molar-refractivity contribution in [3.8, 4) is 5.75 Å². The van der Waals surface area contributed by atoms with Crippen LogP contribution in [0.5, 0.6) is 5.75 Å². The summed E-state index contributed by atoms with van der Waals surface area (Å²) in [6.45, 7) is 8.84. The lowest BCUT2D eigenvalue weighted by molar-refractivity contribution is -0.149. The van der Waals surface area contributed by atoms with E-state index in [0.29, 0.717) is 19.8 Å². The number of carbonyl (C=O) groups is 1. The van der Waals surface area contributed by atoms with E-state index in [9.17, 15) is 4.79 Å². The molecule has 1 aromatic rings. The van der Waals surface area contributed by atoms with Gasteiger partial charge in [-0.2, -0.15) is 0 Å². The SMILES string of the molecule is CCNC(=NCc1ccccc1OCCN(C)C)N1CCC(C(=O)OCC)CC1.I. The molecule has 1 saturated heterocycles. The van der Waals surface area contributed by atoms with E-state index in [1.807, 2.05) is 39.2 Å². The monoisotopic (exact) mass is 532 g/mol. The number of likely N-dealkylation sites (N-methyl/N-ethyl adjacent to an activating group) is 1. The molecule has 7 nitrogen and oxygen atoms in total. The third-order valence-electron chi connectivity index (χ3n) is 4.92. The first-order chi connectivity index (χ1) is 14.0. The molecule has 0 aliphatic carbocycles. The van der Waals surface area contributed by atoms with Crippen molar-refractivity contribution in [2.75, 3.05) is 53.5 Å². The zero-order chi connectivity index (χ0) is 21.1. The summed E-state index contributed by atoms with van der Waals surface area (Å²) in [4.78, 5) is 21.1. The van der Waals surface area contributed by atoms with Crippen molar-refractivity contribution in [3.63, 3.8) is 0 Å². The highest BCUT2D eigenvalue weighted by Crippen LogP contribution is 2.21. The first-order valence-corrected chi connectivity index (χ1v) is 10.6. The highest BCUT2D eigenvalue weighted by atomic mass is 127. The molecule has 0 aromatic heterocycles. The lowest BCUT2D eigenvalue weighted by Crippen LogP contribution is -2.46. The van der Waals surface area contributed by atoms with Gasteiger partial charge < -0.3 is 24.6 Å². The first kappa shape index (κ1) is 26.5. The molecule has 1 aliphatic heterocycles. The van der Waals surface area contributed by atoms with Gasteiger partial charge in [-0.3, -0.25) is 4.79 Å². The fraction of sp³-hybridized carbons (Fsp3) is 0.636. The molecule has 1 aromatic carbocycles. The van der Waals surface area contributed by atoms with Crippen LogP contribution in [0.1, 0.15) is 32.3 Å². The number of benzene rings is 1. The fourth-order valence-corrected chi connectivity index (χ4v) is 3.29. The molecule has 30 heavy (non-hydrogen) atoms. The van der Waals surface area contributed by atoms with Gasteiger partial charge in [0.25, 0.3) is 0 Å². The Morgan fingerprint density at radius 3 is 2.57 bits per heavy atom. The number of nitrogens with one attached hydrogen (secondary N) is 1. The topological polar surface area (TPSA) is 66.4 Å². The third kappa shape index (κ3) is 8.67. The number of halogens is 1. The highest BCUT2D eigenvalue weighted by Gasteiger charge is 2.27. The summed E-state index contributed by atoms with van der Waals surface area (Å²) < 4.78 is 11.1. The smallest absolute Gasteiger partial charge is 0.309 e. The number of guanidine groups is 1. The van der Waals surface area contributed by atoms with Crippen molar-refractivity contribution in [2.24, 2.45) is 10.9 Å². The number of likely N-dealkylation sites (tertiary alicyclic amines) is 1. The number of nitrogens with zero attached hydrogens (tertiary/aromatic N) is 3. The van der Waals surface area contributed by atoms with Gasteiger partial charge in [-0.25, -0.2) is 4.99 Å². The molecule has 0 atom stereocenters. The maximum atomic E-state index is 12.0. The van der Waals surface area contributed by atoms with Gasteiger partial charge in [-0.1, -0.05) is 18.2 Å². The highest BCUT2D eigenvalue weighted by molar-refractivity contribution is 14.0. The van der Waals surface area contributed by atoms with Crippen LogP contribution in [-0.4, -0.2) is 75.2 Å². The summed E-state index contributed by atoms with van der Waals surface area (Å²) in [6, 6.07) is 8.06. The molecule has 0 bridgehead atoms. The average Bonchev–Trinajstić information content (AvgIpc) is 2.72. The number of piperidine rings is 1. The first-order valence-electron chi connectivity index (χ1n) is 10.6. The minimum absolute atomic E-state index is 0. The molecule has 1 heterocycles. The Morgan fingerprint density at radius 2 is 1.93 bits per heavy atom. The van der Waals surface area contributed by atoms with Gasteiger partial charge in [-0.05, 0) is 46.9 Å². The number of hydrogen-bond acceptors (Lipinski definition) is 5. The summed E-state index contributed by atoms with van der Waals surface area (Å²) in [5, 5.41) is 3.38. The van der Waals surface area contributed by atoms with E-state index in [1.54, 1.807) is 0 Å². The molecule has 0 amide bonds. The second kappa shape index (κ2) is 14.5. The van der Waals surface area contributed by atoms with Crippen LogP contribution < -0.4 is 10.1 Å². The molecule has 1 N–H and O–H groups in total. The molecule has 0 spiro atoms. The van der Waals surface area contributed by atoms with Crippen LogP contribution >= 0.6 is 24.0 Å². The van der Waals surface area contributed by atoms with Crippen molar-refractivity contribution in [1.82, 2.24) is 15.1 Å². The minimum Gasteiger partial charge on any atom is -0.492 e. The summed E-state index contributed by atoms with van der Waals surface area (Å²) in [6.07, 6.45) is 1.60. The van der Waals surface area contributed by atoms with Gasteiger partial charge in [0.05, 0.1) is 19.1 Å². The van der Waals surface area contributed by atoms with Crippen LogP contribution in [0, 0.1) is 5.92 Å². The van der Waals surface area contributed by atoms with Gasteiger partial charge in [0.1, 0.15) is 12.4 Å². The summed E-state index contributed by atoms with van der Waals surface area (Å²) in [7, 11) is 4.07. The predicted octanol–water partition coefficient (Wildman–Crippen LogP) is 2.99.